The molecule has 94 valence electrons. The van der Waals surface area contributed by atoms with Crippen molar-refractivity contribution in [3.05, 3.63) is 12.2 Å². The molecule has 16 heavy (non-hydrogen) atoms. The Morgan fingerprint density at radius 2 is 1.50 bits per heavy atom. The van der Waals surface area contributed by atoms with Crippen molar-refractivity contribution < 1.29 is 9.28 Å². The van der Waals surface area contributed by atoms with Crippen LogP contribution in [0.15, 0.2) is 12.2 Å². The number of hydrogen-bond acceptors (Lipinski definition) is 1. The van der Waals surface area contributed by atoms with Crippen LogP contribution in [0.3, 0.4) is 0 Å². The zero-order chi connectivity index (χ0) is 12.6. The summed E-state index contributed by atoms with van der Waals surface area (Å²) in [6.45, 7) is 6.69. The number of Topliss-reactive ketones (excluding diaryl/α,β-unsaturated/α-hetero) is 1. The molecule has 0 fully saturated rings. The van der Waals surface area contributed by atoms with Crippen molar-refractivity contribution in [1.29, 1.82) is 0 Å². The Morgan fingerprint density at radius 1 is 1.00 bits per heavy atom. The third-order valence-electron chi connectivity index (χ3n) is 2.71. The normalized spacial score (nSPS) is 11.5. The van der Waals surface area contributed by atoms with Gasteiger partial charge in [0.25, 0.3) is 0 Å². The second-order valence-electron chi connectivity index (χ2n) is 5.74. The van der Waals surface area contributed by atoms with Crippen molar-refractivity contribution in [2.45, 2.75) is 45.4 Å². The zero-order valence-corrected chi connectivity index (χ0v) is 11.5. The second-order valence-corrected chi connectivity index (χ2v) is 5.74. The van der Waals surface area contributed by atoms with Gasteiger partial charge in [0, 0.05) is 6.42 Å². The lowest BCUT2D eigenvalue weighted by Gasteiger charge is -2.23. The molecule has 0 aliphatic heterocycles. The summed E-state index contributed by atoms with van der Waals surface area (Å²) in [5, 5.41) is 0. The van der Waals surface area contributed by atoms with Crippen LogP contribution in [-0.4, -0.2) is 38.0 Å². The van der Waals surface area contributed by atoms with Crippen LogP contribution in [0.2, 0.25) is 0 Å². The van der Waals surface area contributed by atoms with Gasteiger partial charge in [0.05, 0.1) is 27.7 Å². The summed E-state index contributed by atoms with van der Waals surface area (Å²) in [6, 6.07) is 0. The highest BCUT2D eigenvalue weighted by atomic mass is 16.1. The van der Waals surface area contributed by atoms with E-state index in [1.807, 2.05) is 0 Å². The van der Waals surface area contributed by atoms with E-state index in [-0.39, 0.29) is 5.78 Å². The number of carbonyl (C=O) groups excluding carboxylic acids is 1. The van der Waals surface area contributed by atoms with Gasteiger partial charge in [-0.3, -0.25) is 4.79 Å². The van der Waals surface area contributed by atoms with E-state index in [1.165, 1.54) is 32.2 Å². The summed E-state index contributed by atoms with van der Waals surface area (Å²) < 4.78 is 1.05. The zero-order valence-electron chi connectivity index (χ0n) is 11.5. The van der Waals surface area contributed by atoms with Crippen molar-refractivity contribution in [3.63, 3.8) is 0 Å². The van der Waals surface area contributed by atoms with Gasteiger partial charge in [-0.1, -0.05) is 19.4 Å². The fourth-order valence-corrected chi connectivity index (χ4v) is 1.62. The van der Waals surface area contributed by atoms with Gasteiger partial charge in [-0.05, 0) is 31.8 Å². The highest BCUT2D eigenvalue weighted by Crippen LogP contribution is 2.09. The number of carbonyl (C=O) groups is 1. The van der Waals surface area contributed by atoms with Gasteiger partial charge < -0.3 is 4.48 Å². The van der Waals surface area contributed by atoms with Crippen molar-refractivity contribution in [1.82, 2.24) is 0 Å². The molecular formula is C14H28NO+. The summed E-state index contributed by atoms with van der Waals surface area (Å²) in [5.41, 5.74) is 0.699. The van der Waals surface area contributed by atoms with Crippen molar-refractivity contribution >= 4 is 5.78 Å². The highest BCUT2D eigenvalue weighted by molar-refractivity contribution is 5.93. The van der Waals surface area contributed by atoms with Crippen LogP contribution in [0.5, 0.6) is 0 Å². The minimum absolute atomic E-state index is 0.228. The summed E-state index contributed by atoms with van der Waals surface area (Å²) in [5.74, 6) is 0.228. The van der Waals surface area contributed by atoms with E-state index in [2.05, 4.69) is 27.7 Å². The first kappa shape index (κ1) is 15.4. The quantitative estimate of drug-likeness (QED) is 0.335. The number of nitrogens with zero attached hydrogens (tertiary/aromatic N) is 1. The van der Waals surface area contributed by atoms with Crippen molar-refractivity contribution in [3.8, 4) is 0 Å². The van der Waals surface area contributed by atoms with Gasteiger partial charge in [0.2, 0.25) is 0 Å². The molecule has 0 aliphatic carbocycles. The third-order valence-corrected chi connectivity index (χ3v) is 2.71. The molecule has 0 bridgehead atoms. The molecular weight excluding hydrogens is 198 g/mol. The maximum Gasteiger partial charge on any atom is 0.157 e. The molecule has 0 aromatic carbocycles. The molecule has 0 heterocycles. The fourth-order valence-electron chi connectivity index (χ4n) is 1.62. The first-order valence-electron chi connectivity index (χ1n) is 6.32. The Labute approximate surface area is 101 Å². The minimum atomic E-state index is 0.228. The van der Waals surface area contributed by atoms with Crippen LogP contribution >= 0.6 is 0 Å². The molecule has 0 aromatic heterocycles. The van der Waals surface area contributed by atoms with Gasteiger partial charge in [-0.2, -0.15) is 0 Å². The first-order chi connectivity index (χ1) is 7.33. The Balaban J connectivity index is 3.29. The first-order valence-corrected chi connectivity index (χ1v) is 6.32. The number of allylic oxidation sites excluding steroid dienone is 1. The summed E-state index contributed by atoms with van der Waals surface area (Å²) in [4.78, 5) is 11.3. The van der Waals surface area contributed by atoms with Crippen LogP contribution in [0.25, 0.3) is 0 Å². The van der Waals surface area contributed by atoms with Crippen LogP contribution in [0.4, 0.5) is 0 Å². The molecule has 0 amide bonds. The number of rotatable bonds is 9. The molecule has 2 heteroatoms. The Morgan fingerprint density at radius 3 is 2.00 bits per heavy atom. The van der Waals surface area contributed by atoms with Gasteiger partial charge in [0.15, 0.2) is 5.78 Å². The lowest BCUT2D eigenvalue weighted by atomic mass is 10.1. The van der Waals surface area contributed by atoms with E-state index >= 15 is 0 Å². The molecule has 2 nitrogen and oxygen atoms in total. The van der Waals surface area contributed by atoms with Gasteiger partial charge in [-0.25, -0.2) is 0 Å². The maximum absolute atomic E-state index is 11.3. The molecule has 0 saturated heterocycles. The van der Waals surface area contributed by atoms with Crippen LogP contribution in [-0.2, 0) is 4.79 Å². The molecule has 0 unspecified atom stereocenters. The molecule has 0 aromatic rings. The van der Waals surface area contributed by atoms with E-state index in [1.54, 1.807) is 6.92 Å². The molecule has 0 spiro atoms. The molecule has 0 aliphatic rings. The molecule has 0 radical (unpaired) electrons. The van der Waals surface area contributed by atoms with E-state index in [0.29, 0.717) is 12.0 Å². The van der Waals surface area contributed by atoms with Gasteiger partial charge in [0.1, 0.15) is 0 Å². The Hall–Kier alpha value is -0.630. The molecule has 0 N–H and O–H groups in total. The van der Waals surface area contributed by atoms with E-state index in [4.69, 9.17) is 0 Å². The highest BCUT2D eigenvalue weighted by Gasteiger charge is 2.05. The minimum Gasteiger partial charge on any atom is -0.331 e. The standard InChI is InChI=1S/C14H28NO/c1-13(2)14(16)11-9-7-6-8-10-12-15(3,4)5/h1,6-12H2,2-5H3/q+1. The van der Waals surface area contributed by atoms with Gasteiger partial charge >= 0.3 is 0 Å². The maximum atomic E-state index is 11.3. The summed E-state index contributed by atoms with van der Waals surface area (Å²) in [7, 11) is 6.68. The molecule has 0 atom stereocenters. The number of hydrogen-bond donors (Lipinski definition) is 0. The third kappa shape index (κ3) is 9.91. The van der Waals surface area contributed by atoms with Crippen LogP contribution in [0.1, 0.15) is 45.4 Å². The Kier molecular flexibility index (Phi) is 7.31. The Bertz CT molecular complexity index is 225. The second kappa shape index (κ2) is 7.61. The monoisotopic (exact) mass is 226 g/mol. The summed E-state index contributed by atoms with van der Waals surface area (Å²) in [6.07, 6.45) is 6.72. The van der Waals surface area contributed by atoms with E-state index in [9.17, 15) is 4.79 Å². The number of quaternary nitrogens is 1. The van der Waals surface area contributed by atoms with Crippen LogP contribution in [0, 0.1) is 0 Å². The molecule has 0 saturated carbocycles. The van der Waals surface area contributed by atoms with Crippen molar-refractivity contribution in [2.24, 2.45) is 0 Å². The topological polar surface area (TPSA) is 17.1 Å². The summed E-state index contributed by atoms with van der Waals surface area (Å²) >= 11 is 0. The predicted molar refractivity (Wildman–Crippen MR) is 70.4 cm³/mol. The smallest absolute Gasteiger partial charge is 0.157 e. The largest absolute Gasteiger partial charge is 0.331 e. The lowest BCUT2D eigenvalue weighted by Crippen LogP contribution is -2.35. The molecule has 0 rings (SSSR count). The average Bonchev–Trinajstić information content (AvgIpc) is 2.14. The number of unbranched alkanes of at least 4 members (excludes halogenated alkanes) is 4. The van der Waals surface area contributed by atoms with Crippen molar-refractivity contribution in [2.75, 3.05) is 27.7 Å². The fraction of sp³-hybridized carbons (Fsp3) is 0.786. The van der Waals surface area contributed by atoms with Crippen LogP contribution < -0.4 is 0 Å². The predicted octanol–water partition coefficient (Wildman–Crippen LogP) is 3.18. The average molecular weight is 226 g/mol. The number of ketones is 1. The van der Waals surface area contributed by atoms with E-state index < -0.39 is 0 Å². The lowest BCUT2D eigenvalue weighted by molar-refractivity contribution is -0.870. The van der Waals surface area contributed by atoms with E-state index in [0.717, 1.165) is 10.9 Å². The SMILES string of the molecule is C=C(C)C(=O)CCCCCCC[N+](C)(C)C. The van der Waals surface area contributed by atoms with Gasteiger partial charge in [-0.15, -0.1) is 0 Å².